The Morgan fingerprint density at radius 2 is 1.87 bits per heavy atom. The molecule has 2 atom stereocenters. The minimum atomic E-state index is -0.874. The van der Waals surface area contributed by atoms with Crippen LogP contribution in [0.2, 0.25) is 0 Å². The summed E-state index contributed by atoms with van der Waals surface area (Å²) in [5.74, 6) is 0.154. The molecule has 1 N–H and O–H groups in total. The average molecular weight is 528 g/mol. The van der Waals surface area contributed by atoms with Crippen molar-refractivity contribution in [1.82, 2.24) is 25.2 Å². The maximum atomic E-state index is 14.0. The van der Waals surface area contributed by atoms with Crippen LogP contribution in [0, 0.1) is 6.92 Å². The molecule has 1 aromatic heterocycles. The van der Waals surface area contributed by atoms with Gasteiger partial charge >= 0.3 is 0 Å². The maximum Gasteiger partial charge on any atom is 0.247 e. The van der Waals surface area contributed by atoms with Crippen LogP contribution in [-0.2, 0) is 27.4 Å². The van der Waals surface area contributed by atoms with Gasteiger partial charge in [0.1, 0.15) is 23.9 Å². The van der Waals surface area contributed by atoms with Crippen molar-refractivity contribution >= 4 is 22.8 Å². The molecule has 1 aliphatic rings. The minimum absolute atomic E-state index is 0.0202. The first-order valence-electron chi connectivity index (χ1n) is 13.2. The molecule has 3 aromatic carbocycles. The smallest absolute Gasteiger partial charge is 0.247 e. The highest BCUT2D eigenvalue weighted by molar-refractivity contribution is 5.89. The molecule has 5 rings (SSSR count). The molecule has 0 aliphatic carbocycles. The van der Waals surface area contributed by atoms with Crippen LogP contribution in [0.5, 0.6) is 5.75 Å². The van der Waals surface area contributed by atoms with Gasteiger partial charge in [-0.05, 0) is 55.2 Å². The molecule has 4 aromatic rings. The molecule has 202 valence electrons. The molecule has 0 bridgehead atoms. The van der Waals surface area contributed by atoms with Crippen LogP contribution >= 0.6 is 0 Å². The third kappa shape index (κ3) is 6.26. The van der Waals surface area contributed by atoms with E-state index in [-0.39, 0.29) is 31.0 Å². The molecule has 2 heterocycles. The molecular weight excluding hydrogens is 494 g/mol. The first-order valence-corrected chi connectivity index (χ1v) is 13.2. The summed E-state index contributed by atoms with van der Waals surface area (Å²) in [7, 11) is 1.59. The normalized spacial score (nSPS) is 15.7. The lowest BCUT2D eigenvalue weighted by atomic mass is 10.0. The third-order valence-corrected chi connectivity index (χ3v) is 7.02. The molecule has 2 amide bonds. The number of nitrogens with zero attached hydrogens (tertiary/aromatic N) is 4. The van der Waals surface area contributed by atoms with Gasteiger partial charge in [0.05, 0.1) is 18.7 Å². The van der Waals surface area contributed by atoms with Gasteiger partial charge in [-0.1, -0.05) is 59.3 Å². The number of rotatable bonds is 10. The van der Waals surface area contributed by atoms with Crippen molar-refractivity contribution in [2.45, 2.75) is 45.0 Å². The van der Waals surface area contributed by atoms with E-state index < -0.39 is 6.04 Å². The Labute approximate surface area is 227 Å². The van der Waals surface area contributed by atoms with E-state index in [4.69, 9.17) is 9.47 Å². The number of aromatic nitrogens is 3. The van der Waals surface area contributed by atoms with Crippen molar-refractivity contribution in [1.29, 1.82) is 0 Å². The van der Waals surface area contributed by atoms with Gasteiger partial charge in [0.2, 0.25) is 11.8 Å². The summed E-state index contributed by atoms with van der Waals surface area (Å²) in [4.78, 5) is 29.5. The second-order valence-electron chi connectivity index (χ2n) is 9.80. The van der Waals surface area contributed by atoms with Gasteiger partial charge in [0, 0.05) is 19.7 Å². The van der Waals surface area contributed by atoms with E-state index in [2.05, 4.69) is 15.6 Å². The number of fused-ring (bicyclic) bond motifs is 1. The average Bonchev–Trinajstić information content (AvgIpc) is 3.63. The first kappa shape index (κ1) is 26.4. The molecule has 1 saturated heterocycles. The molecule has 0 unspecified atom stereocenters. The number of carbonyl (C=O) groups is 2. The quantitative estimate of drug-likeness (QED) is 0.337. The number of nitrogens with one attached hydrogen (secondary N) is 1. The summed E-state index contributed by atoms with van der Waals surface area (Å²) in [6.07, 6.45) is 1.86. The van der Waals surface area contributed by atoms with Crippen LogP contribution in [0.3, 0.4) is 0 Å². The number of aryl methyl sites for hydroxylation is 1. The zero-order chi connectivity index (χ0) is 27.2. The van der Waals surface area contributed by atoms with Crippen molar-refractivity contribution in [3.63, 3.8) is 0 Å². The lowest BCUT2D eigenvalue weighted by Crippen LogP contribution is -2.46. The van der Waals surface area contributed by atoms with E-state index in [0.29, 0.717) is 30.0 Å². The summed E-state index contributed by atoms with van der Waals surface area (Å²) in [5, 5.41) is 11.4. The maximum absolute atomic E-state index is 14.0. The van der Waals surface area contributed by atoms with Crippen LogP contribution in [0.25, 0.3) is 11.0 Å². The fraction of sp³-hybridized carbons (Fsp3) is 0.333. The van der Waals surface area contributed by atoms with Gasteiger partial charge in [-0.3, -0.25) is 9.59 Å². The van der Waals surface area contributed by atoms with Crippen LogP contribution in [0.4, 0.5) is 0 Å². The van der Waals surface area contributed by atoms with E-state index in [0.717, 1.165) is 29.5 Å². The Morgan fingerprint density at radius 3 is 2.59 bits per heavy atom. The molecule has 0 saturated carbocycles. The predicted octanol–water partition coefficient (Wildman–Crippen LogP) is 3.81. The lowest BCUT2D eigenvalue weighted by Gasteiger charge is -2.32. The summed E-state index contributed by atoms with van der Waals surface area (Å²) in [5.41, 5.74) is 4.18. The highest BCUT2D eigenvalue weighted by Crippen LogP contribution is 2.27. The second-order valence-corrected chi connectivity index (χ2v) is 9.80. The van der Waals surface area contributed by atoms with E-state index in [1.54, 1.807) is 28.8 Å². The molecule has 9 nitrogen and oxygen atoms in total. The number of para-hydroxylation sites is 1. The van der Waals surface area contributed by atoms with Crippen LogP contribution in [0.15, 0.2) is 72.8 Å². The Balaban J connectivity index is 1.49. The third-order valence-electron chi connectivity index (χ3n) is 7.02. The number of hydrogen-bond donors (Lipinski definition) is 1. The van der Waals surface area contributed by atoms with Crippen molar-refractivity contribution in [2.24, 2.45) is 0 Å². The van der Waals surface area contributed by atoms with Crippen molar-refractivity contribution in [3.05, 3.63) is 89.5 Å². The summed E-state index contributed by atoms with van der Waals surface area (Å²) >= 11 is 0. The standard InChI is InChI=1S/C30H33N5O4/c1-21-9-11-22(12-10-21)19-34(28(36)20-35-27-8-4-3-7-26(27)32-33-35)29(23-13-15-24(38-2)16-14-23)30(37)31-18-25-6-5-17-39-25/h3-4,7-16,25,29H,5-6,17-20H2,1-2H3,(H,31,37)/t25-,29+/m0/s1. The SMILES string of the molecule is COc1ccc([C@H](C(=O)NC[C@@H]2CCCO2)N(Cc2ccc(C)cc2)C(=O)Cn2nnc3ccccc32)cc1. The van der Waals surface area contributed by atoms with Crippen LogP contribution < -0.4 is 10.1 Å². The number of benzene rings is 3. The number of methoxy groups -OCH3 is 1. The Morgan fingerprint density at radius 1 is 1.10 bits per heavy atom. The first-order chi connectivity index (χ1) is 19.0. The van der Waals surface area contributed by atoms with Gasteiger partial charge < -0.3 is 19.7 Å². The van der Waals surface area contributed by atoms with E-state index in [1.807, 2.05) is 67.6 Å². The number of hydrogen-bond acceptors (Lipinski definition) is 6. The molecule has 9 heteroatoms. The van der Waals surface area contributed by atoms with Crippen molar-refractivity contribution in [3.8, 4) is 5.75 Å². The fourth-order valence-electron chi connectivity index (χ4n) is 4.84. The predicted molar refractivity (Wildman–Crippen MR) is 147 cm³/mol. The summed E-state index contributed by atoms with van der Waals surface area (Å²) in [6.45, 7) is 3.30. The second kappa shape index (κ2) is 12.1. The molecule has 0 spiro atoms. The largest absolute Gasteiger partial charge is 0.497 e. The molecule has 0 radical (unpaired) electrons. The zero-order valence-electron chi connectivity index (χ0n) is 22.2. The van der Waals surface area contributed by atoms with Gasteiger partial charge in [0.25, 0.3) is 0 Å². The van der Waals surface area contributed by atoms with Gasteiger partial charge in [-0.2, -0.15) is 0 Å². The summed E-state index contributed by atoms with van der Waals surface area (Å²) in [6, 6.07) is 21.8. The number of amides is 2. The van der Waals surface area contributed by atoms with E-state index in [9.17, 15) is 9.59 Å². The van der Waals surface area contributed by atoms with Gasteiger partial charge in [0.15, 0.2) is 0 Å². The fourth-order valence-corrected chi connectivity index (χ4v) is 4.84. The highest BCUT2D eigenvalue weighted by atomic mass is 16.5. The van der Waals surface area contributed by atoms with Crippen molar-refractivity contribution in [2.75, 3.05) is 20.3 Å². The minimum Gasteiger partial charge on any atom is -0.497 e. The van der Waals surface area contributed by atoms with Crippen LogP contribution in [0.1, 0.15) is 35.6 Å². The molecule has 1 fully saturated rings. The zero-order valence-corrected chi connectivity index (χ0v) is 22.2. The molecular formula is C30H33N5O4. The van der Waals surface area contributed by atoms with Gasteiger partial charge in [-0.15, -0.1) is 5.10 Å². The number of carbonyl (C=O) groups excluding carboxylic acids is 2. The topological polar surface area (TPSA) is 98.6 Å². The summed E-state index contributed by atoms with van der Waals surface area (Å²) < 4.78 is 12.6. The highest BCUT2D eigenvalue weighted by Gasteiger charge is 2.33. The van der Waals surface area contributed by atoms with E-state index >= 15 is 0 Å². The Kier molecular flexibility index (Phi) is 8.17. The monoisotopic (exact) mass is 527 g/mol. The van der Waals surface area contributed by atoms with Crippen molar-refractivity contribution < 1.29 is 19.1 Å². The van der Waals surface area contributed by atoms with Crippen LogP contribution in [-0.4, -0.2) is 58.1 Å². The Bertz CT molecular complexity index is 1410. The number of ether oxygens (including phenoxy) is 2. The molecule has 39 heavy (non-hydrogen) atoms. The van der Waals surface area contributed by atoms with E-state index in [1.165, 1.54) is 0 Å². The lowest BCUT2D eigenvalue weighted by molar-refractivity contribution is -0.142. The Hall–Kier alpha value is -4.24. The molecule has 1 aliphatic heterocycles. The van der Waals surface area contributed by atoms with Gasteiger partial charge in [-0.25, -0.2) is 4.68 Å².